The molecule has 0 amide bonds. The van der Waals surface area contributed by atoms with E-state index in [1.165, 1.54) is 11.3 Å². The van der Waals surface area contributed by atoms with Crippen molar-refractivity contribution in [2.75, 3.05) is 13.7 Å². The summed E-state index contributed by atoms with van der Waals surface area (Å²) in [5.74, 6) is 0.576. The molecular weight excluding hydrogens is 710 g/mol. The van der Waals surface area contributed by atoms with Crippen molar-refractivity contribution in [1.82, 2.24) is 4.57 Å². The van der Waals surface area contributed by atoms with Gasteiger partial charge in [0.05, 0.1) is 39.1 Å². The third kappa shape index (κ3) is 6.15. The van der Waals surface area contributed by atoms with Crippen molar-refractivity contribution >= 4 is 69.2 Å². The van der Waals surface area contributed by atoms with Gasteiger partial charge >= 0.3 is 5.97 Å². The molecule has 7 nitrogen and oxygen atoms in total. The van der Waals surface area contributed by atoms with E-state index >= 15 is 0 Å². The predicted octanol–water partition coefficient (Wildman–Crippen LogP) is 6.30. The van der Waals surface area contributed by atoms with Crippen molar-refractivity contribution in [2.24, 2.45) is 4.99 Å². The van der Waals surface area contributed by atoms with Crippen LogP contribution in [0.5, 0.6) is 11.5 Å². The van der Waals surface area contributed by atoms with Gasteiger partial charge < -0.3 is 14.2 Å². The zero-order chi connectivity index (χ0) is 30.0. The largest absolute Gasteiger partial charge is 0.493 e. The van der Waals surface area contributed by atoms with Gasteiger partial charge in [0, 0.05) is 15.6 Å². The number of rotatable bonds is 8. The Morgan fingerprint density at radius 2 is 1.90 bits per heavy atom. The lowest BCUT2D eigenvalue weighted by Crippen LogP contribution is -2.39. The third-order valence-electron chi connectivity index (χ3n) is 6.57. The molecule has 1 aliphatic rings. The van der Waals surface area contributed by atoms with E-state index in [0.717, 1.165) is 20.3 Å². The van der Waals surface area contributed by atoms with E-state index in [0.29, 0.717) is 42.1 Å². The van der Waals surface area contributed by atoms with Crippen molar-refractivity contribution < 1.29 is 19.0 Å². The summed E-state index contributed by atoms with van der Waals surface area (Å²) < 4.78 is 19.9. The smallest absolute Gasteiger partial charge is 0.338 e. The molecule has 0 fully saturated rings. The van der Waals surface area contributed by atoms with Gasteiger partial charge in [0.15, 0.2) is 16.3 Å². The summed E-state index contributed by atoms with van der Waals surface area (Å²) in [7, 11) is 1.56. The first-order chi connectivity index (χ1) is 20.2. The second kappa shape index (κ2) is 13.0. The van der Waals surface area contributed by atoms with Gasteiger partial charge in [-0.25, -0.2) is 9.79 Å². The van der Waals surface area contributed by atoms with Crippen LogP contribution in [0.25, 0.3) is 6.08 Å². The number of carbonyl (C=O) groups excluding carboxylic acids is 1. The van der Waals surface area contributed by atoms with Crippen LogP contribution < -0.4 is 24.4 Å². The first-order valence-corrected chi connectivity index (χ1v) is 15.6. The number of hydrogen-bond acceptors (Lipinski definition) is 7. The molecule has 4 aromatic rings. The number of methoxy groups -OCH3 is 1. The van der Waals surface area contributed by atoms with Gasteiger partial charge in [-0.05, 0) is 77.9 Å². The van der Waals surface area contributed by atoms with Crippen molar-refractivity contribution in [3.05, 3.63) is 122 Å². The van der Waals surface area contributed by atoms with Crippen LogP contribution in [0, 0.1) is 3.57 Å². The second-order valence-corrected chi connectivity index (χ2v) is 12.3. The fraction of sp³-hybridized carbons (Fsp3) is 0.194. The Bertz CT molecular complexity index is 1890. The monoisotopic (exact) mass is 734 g/mol. The molecule has 0 saturated heterocycles. The molecule has 5 rings (SSSR count). The summed E-state index contributed by atoms with van der Waals surface area (Å²) in [5.41, 5.74) is 2.94. The molecule has 3 aromatic carbocycles. The number of allylic oxidation sites excluding steroid dienone is 1. The third-order valence-corrected chi connectivity index (χ3v) is 8.94. The van der Waals surface area contributed by atoms with Crippen LogP contribution in [0.3, 0.4) is 0 Å². The number of benzene rings is 3. The van der Waals surface area contributed by atoms with E-state index in [9.17, 15) is 9.59 Å². The van der Waals surface area contributed by atoms with E-state index in [1.807, 2.05) is 48.5 Å². The van der Waals surface area contributed by atoms with Gasteiger partial charge in [0.1, 0.15) is 6.61 Å². The summed E-state index contributed by atoms with van der Waals surface area (Å²) >= 11 is 15.8. The molecule has 0 bridgehead atoms. The molecule has 216 valence electrons. The van der Waals surface area contributed by atoms with Crippen LogP contribution in [0.1, 0.15) is 36.6 Å². The molecule has 0 spiro atoms. The number of aromatic nitrogens is 1. The standard InChI is InChI=1S/C31H25Cl2IN2O5S/c1-4-40-30(38)26-17(2)35-31-36(27(26)19-8-6-5-7-9-19)29(37)25(42-31)14-18-12-23(34)28(24(13-18)39-3)41-16-20-10-11-21(32)15-22(20)33/h5-15,27H,4,16H2,1-3H3/b25-14+/t27-/m0/s1. The molecule has 2 heterocycles. The molecule has 1 aromatic heterocycles. The summed E-state index contributed by atoms with van der Waals surface area (Å²) in [6, 6.07) is 17.7. The summed E-state index contributed by atoms with van der Waals surface area (Å²) in [4.78, 5) is 32.1. The number of hydrogen-bond donors (Lipinski definition) is 0. The van der Waals surface area contributed by atoms with Crippen LogP contribution >= 0.6 is 57.1 Å². The van der Waals surface area contributed by atoms with E-state index in [2.05, 4.69) is 27.6 Å². The van der Waals surface area contributed by atoms with Gasteiger partial charge in [-0.3, -0.25) is 9.36 Å². The lowest BCUT2D eigenvalue weighted by atomic mass is 9.96. The Morgan fingerprint density at radius 1 is 1.14 bits per heavy atom. The Kier molecular flexibility index (Phi) is 9.41. The highest BCUT2D eigenvalue weighted by Gasteiger charge is 2.33. The van der Waals surface area contributed by atoms with Crippen molar-refractivity contribution in [3.8, 4) is 11.5 Å². The molecule has 0 radical (unpaired) electrons. The van der Waals surface area contributed by atoms with Gasteiger partial charge in [0.25, 0.3) is 5.56 Å². The van der Waals surface area contributed by atoms with Crippen molar-refractivity contribution in [2.45, 2.75) is 26.5 Å². The maximum absolute atomic E-state index is 13.9. The van der Waals surface area contributed by atoms with E-state index < -0.39 is 12.0 Å². The summed E-state index contributed by atoms with van der Waals surface area (Å²) in [6.45, 7) is 3.96. The maximum atomic E-state index is 13.9. The van der Waals surface area contributed by atoms with Crippen molar-refractivity contribution in [3.63, 3.8) is 0 Å². The normalized spacial score (nSPS) is 14.8. The molecule has 1 aliphatic heterocycles. The van der Waals surface area contributed by atoms with Gasteiger partial charge in [-0.1, -0.05) is 70.9 Å². The minimum atomic E-state index is -0.659. The number of thiazole rings is 1. The fourth-order valence-corrected chi connectivity index (χ4v) is 6.94. The number of ether oxygens (including phenoxy) is 3. The Morgan fingerprint density at radius 3 is 2.60 bits per heavy atom. The number of fused-ring (bicyclic) bond motifs is 1. The topological polar surface area (TPSA) is 79.1 Å². The Hall–Kier alpha value is -3.12. The lowest BCUT2D eigenvalue weighted by Gasteiger charge is -2.24. The van der Waals surface area contributed by atoms with E-state index in [4.69, 9.17) is 37.4 Å². The number of carbonyl (C=O) groups is 1. The average Bonchev–Trinajstić information content (AvgIpc) is 3.26. The molecule has 42 heavy (non-hydrogen) atoms. The van der Waals surface area contributed by atoms with Gasteiger partial charge in [-0.15, -0.1) is 0 Å². The lowest BCUT2D eigenvalue weighted by molar-refractivity contribution is -0.139. The minimum absolute atomic E-state index is 0.217. The highest BCUT2D eigenvalue weighted by atomic mass is 127. The average molecular weight is 735 g/mol. The van der Waals surface area contributed by atoms with Gasteiger partial charge in [0.2, 0.25) is 0 Å². The fourth-order valence-electron chi connectivity index (χ4n) is 4.65. The van der Waals surface area contributed by atoms with Crippen molar-refractivity contribution in [1.29, 1.82) is 0 Å². The highest BCUT2D eigenvalue weighted by Crippen LogP contribution is 2.36. The molecule has 11 heteroatoms. The van der Waals surface area contributed by atoms with Crippen LogP contribution in [-0.4, -0.2) is 24.3 Å². The van der Waals surface area contributed by atoms with E-state index in [1.54, 1.807) is 43.7 Å². The summed E-state index contributed by atoms with van der Waals surface area (Å²) in [6.07, 6.45) is 1.79. The first-order valence-electron chi connectivity index (χ1n) is 12.9. The van der Waals surface area contributed by atoms with Gasteiger partial charge in [-0.2, -0.15) is 0 Å². The minimum Gasteiger partial charge on any atom is -0.493 e. The quantitative estimate of drug-likeness (QED) is 0.157. The molecule has 1 atom stereocenters. The zero-order valence-corrected chi connectivity index (χ0v) is 27.3. The molecule has 0 saturated carbocycles. The van der Waals surface area contributed by atoms with Crippen LogP contribution in [0.15, 0.2) is 81.7 Å². The predicted molar refractivity (Wildman–Crippen MR) is 173 cm³/mol. The first kappa shape index (κ1) is 30.3. The molecule has 0 aliphatic carbocycles. The summed E-state index contributed by atoms with van der Waals surface area (Å²) in [5, 5.41) is 1.06. The number of halogens is 3. The number of nitrogens with zero attached hydrogens (tertiary/aromatic N) is 2. The second-order valence-electron chi connectivity index (χ2n) is 9.27. The molecule has 0 N–H and O–H groups in total. The number of esters is 1. The highest BCUT2D eigenvalue weighted by molar-refractivity contribution is 14.1. The zero-order valence-electron chi connectivity index (χ0n) is 22.8. The molecular formula is C31H25Cl2IN2O5S. The Labute approximate surface area is 269 Å². The van der Waals surface area contributed by atoms with Crippen LogP contribution in [-0.2, 0) is 16.1 Å². The Balaban J connectivity index is 1.56. The molecule has 0 unspecified atom stereocenters. The van der Waals surface area contributed by atoms with E-state index in [-0.39, 0.29) is 18.8 Å². The maximum Gasteiger partial charge on any atom is 0.338 e. The van der Waals surface area contributed by atoms with Crippen LogP contribution in [0.2, 0.25) is 10.0 Å². The SMILES string of the molecule is CCOC(=O)C1=C(C)N=c2s/c(=C/c3cc(I)c(OCc4ccc(Cl)cc4Cl)c(OC)c3)c(=O)n2[C@H]1c1ccccc1. The van der Waals surface area contributed by atoms with Crippen LogP contribution in [0.4, 0.5) is 0 Å².